The highest BCUT2D eigenvalue weighted by Crippen LogP contribution is 2.36. The van der Waals surface area contributed by atoms with Gasteiger partial charge in [-0.15, -0.1) is 0 Å². The maximum atomic E-state index is 14.7. The highest BCUT2D eigenvalue weighted by Gasteiger charge is 2.39. The van der Waals surface area contributed by atoms with Crippen LogP contribution in [-0.2, 0) is 4.79 Å². The molecule has 0 saturated heterocycles. The van der Waals surface area contributed by atoms with Crippen molar-refractivity contribution in [2.24, 2.45) is 0 Å². The second-order valence-electron chi connectivity index (χ2n) is 7.33. The number of allylic oxidation sites excluding steroid dienone is 1. The van der Waals surface area contributed by atoms with Crippen LogP contribution in [0.5, 0.6) is 5.75 Å². The largest absolute Gasteiger partial charge is 0.497 e. The predicted octanol–water partition coefficient (Wildman–Crippen LogP) is 4.45. The first kappa shape index (κ1) is 22.0. The fourth-order valence-corrected chi connectivity index (χ4v) is 3.69. The van der Waals surface area contributed by atoms with E-state index in [0.717, 1.165) is 12.1 Å². The van der Waals surface area contributed by atoms with Gasteiger partial charge < -0.3 is 19.9 Å². The van der Waals surface area contributed by atoms with Gasteiger partial charge in [0.05, 0.1) is 30.0 Å². The number of halogens is 2. The smallest absolute Gasteiger partial charge is 0.327 e. The van der Waals surface area contributed by atoms with Gasteiger partial charge in [0.25, 0.3) is 5.91 Å². The van der Waals surface area contributed by atoms with Crippen molar-refractivity contribution < 1.29 is 27.6 Å². The number of nitrogens with zero attached hydrogens (tertiary/aromatic N) is 2. The summed E-state index contributed by atoms with van der Waals surface area (Å²) in [5.41, 5.74) is 0.117. The predicted molar refractivity (Wildman–Crippen MR) is 116 cm³/mol. The van der Waals surface area contributed by atoms with Crippen LogP contribution in [0, 0.1) is 18.6 Å². The van der Waals surface area contributed by atoms with Gasteiger partial charge in [-0.1, -0.05) is 11.2 Å². The van der Waals surface area contributed by atoms with Crippen LogP contribution in [0.2, 0.25) is 0 Å². The van der Waals surface area contributed by atoms with Crippen LogP contribution in [0.4, 0.5) is 25.1 Å². The first-order chi connectivity index (χ1) is 15.8. The number of benzene rings is 2. The molecule has 1 aliphatic heterocycles. The van der Waals surface area contributed by atoms with Gasteiger partial charge in [0.15, 0.2) is 5.82 Å². The molecule has 33 heavy (non-hydrogen) atoms. The zero-order valence-electron chi connectivity index (χ0n) is 18.0. The molecule has 0 spiro atoms. The molecule has 0 aliphatic carbocycles. The third-order valence-electron chi connectivity index (χ3n) is 5.22. The van der Waals surface area contributed by atoms with E-state index in [-0.39, 0.29) is 17.1 Å². The van der Waals surface area contributed by atoms with Gasteiger partial charge in [0.2, 0.25) is 0 Å². The van der Waals surface area contributed by atoms with E-state index < -0.39 is 35.2 Å². The summed E-state index contributed by atoms with van der Waals surface area (Å²) in [5.74, 6) is -1.33. The average molecular weight is 454 g/mol. The number of ether oxygens (including phenoxy) is 1. The van der Waals surface area contributed by atoms with Gasteiger partial charge in [0, 0.05) is 11.8 Å². The Labute approximate surface area is 187 Å². The molecule has 2 N–H and O–H groups in total. The topological polar surface area (TPSA) is 96.7 Å². The van der Waals surface area contributed by atoms with Crippen molar-refractivity contribution in [3.05, 3.63) is 82.8 Å². The minimum absolute atomic E-state index is 0.0601. The van der Waals surface area contributed by atoms with Crippen molar-refractivity contribution in [2.75, 3.05) is 17.3 Å². The highest BCUT2D eigenvalue weighted by atomic mass is 19.1. The second-order valence-corrected chi connectivity index (χ2v) is 7.33. The number of anilines is 2. The monoisotopic (exact) mass is 454 g/mol. The quantitative estimate of drug-likeness (QED) is 0.594. The lowest BCUT2D eigenvalue weighted by atomic mass is 9.93. The molecule has 0 unspecified atom stereocenters. The van der Waals surface area contributed by atoms with E-state index in [1.807, 2.05) is 0 Å². The number of rotatable bonds is 5. The number of carbonyl (C=O) groups is 2. The van der Waals surface area contributed by atoms with Crippen LogP contribution in [0.15, 0.2) is 64.3 Å². The van der Waals surface area contributed by atoms with E-state index in [0.29, 0.717) is 17.2 Å². The van der Waals surface area contributed by atoms with Crippen LogP contribution in [0.25, 0.3) is 0 Å². The van der Waals surface area contributed by atoms with Gasteiger partial charge in [-0.05, 0) is 50.2 Å². The van der Waals surface area contributed by atoms with Crippen molar-refractivity contribution >= 4 is 23.4 Å². The Kier molecular flexibility index (Phi) is 5.82. The number of nitrogens with one attached hydrogen (secondary N) is 2. The van der Waals surface area contributed by atoms with Crippen molar-refractivity contribution in [3.63, 3.8) is 0 Å². The van der Waals surface area contributed by atoms with E-state index >= 15 is 0 Å². The van der Waals surface area contributed by atoms with E-state index in [9.17, 15) is 18.4 Å². The minimum atomic E-state index is -1.37. The summed E-state index contributed by atoms with van der Waals surface area (Å²) in [4.78, 5) is 27.6. The van der Waals surface area contributed by atoms with Crippen LogP contribution < -0.4 is 20.3 Å². The third kappa shape index (κ3) is 4.14. The number of carbonyl (C=O) groups excluding carboxylic acids is 2. The standard InChI is InChI=1S/C23H20F2N4O4/c1-12-11-18(28-33-12)26-22(30)19-13(2)29(14-7-9-15(32-3)10-8-14)23(31)27-21(19)20-16(24)5-4-6-17(20)25/h4-11,21H,1-3H3,(H,27,31)(H,26,28,30)/t21-/m1/s1. The Morgan fingerprint density at radius 3 is 2.39 bits per heavy atom. The van der Waals surface area contributed by atoms with E-state index in [1.165, 1.54) is 31.1 Å². The van der Waals surface area contributed by atoms with E-state index in [2.05, 4.69) is 15.8 Å². The molecule has 0 fully saturated rings. The van der Waals surface area contributed by atoms with Gasteiger partial charge in [-0.25, -0.2) is 13.6 Å². The summed E-state index contributed by atoms with van der Waals surface area (Å²) in [6.45, 7) is 3.18. The molecule has 8 nitrogen and oxygen atoms in total. The van der Waals surface area contributed by atoms with Crippen molar-refractivity contribution in [1.82, 2.24) is 10.5 Å². The summed E-state index contributed by atoms with van der Waals surface area (Å²) >= 11 is 0. The maximum absolute atomic E-state index is 14.7. The molecule has 10 heteroatoms. The zero-order chi connectivity index (χ0) is 23.7. The van der Waals surface area contributed by atoms with Gasteiger partial charge >= 0.3 is 6.03 Å². The highest BCUT2D eigenvalue weighted by molar-refractivity contribution is 6.09. The fraction of sp³-hybridized carbons (Fsp3) is 0.174. The first-order valence-electron chi connectivity index (χ1n) is 9.94. The Balaban J connectivity index is 1.84. The van der Waals surface area contributed by atoms with Crippen molar-refractivity contribution in [1.29, 1.82) is 0 Å². The fourth-order valence-electron chi connectivity index (χ4n) is 3.69. The molecule has 1 atom stereocenters. The molecule has 0 radical (unpaired) electrons. The number of hydrogen-bond donors (Lipinski definition) is 2. The van der Waals surface area contributed by atoms with Crippen LogP contribution >= 0.6 is 0 Å². The molecular weight excluding hydrogens is 434 g/mol. The number of urea groups is 1. The molecule has 170 valence electrons. The molecule has 1 aromatic heterocycles. The second kappa shape index (κ2) is 8.73. The number of methoxy groups -OCH3 is 1. The molecule has 1 aliphatic rings. The molecule has 3 amide bonds. The van der Waals surface area contributed by atoms with Gasteiger partial charge in [0.1, 0.15) is 23.1 Å². The summed E-state index contributed by atoms with van der Waals surface area (Å²) in [6.07, 6.45) is 0. The Hall–Kier alpha value is -4.21. The average Bonchev–Trinajstić information content (AvgIpc) is 3.18. The first-order valence-corrected chi connectivity index (χ1v) is 9.94. The van der Waals surface area contributed by atoms with Crippen LogP contribution in [-0.4, -0.2) is 24.2 Å². The number of hydrogen-bond acceptors (Lipinski definition) is 5. The van der Waals surface area contributed by atoms with Gasteiger partial charge in [-0.3, -0.25) is 9.69 Å². The van der Waals surface area contributed by atoms with E-state index in [4.69, 9.17) is 9.26 Å². The lowest BCUT2D eigenvalue weighted by Crippen LogP contribution is -2.49. The van der Waals surface area contributed by atoms with Crippen LogP contribution in [0.1, 0.15) is 24.3 Å². The molecule has 0 saturated carbocycles. The number of aromatic nitrogens is 1. The summed E-state index contributed by atoms with van der Waals surface area (Å²) in [6, 6.07) is 9.35. The van der Waals surface area contributed by atoms with Crippen LogP contribution in [0.3, 0.4) is 0 Å². The Bertz CT molecular complexity index is 1230. The Morgan fingerprint density at radius 2 is 1.82 bits per heavy atom. The molecule has 2 heterocycles. The SMILES string of the molecule is COc1ccc(N2C(=O)N[C@@H](c3c(F)cccc3F)C(C(=O)Nc3cc(C)on3)=C2C)cc1. The lowest BCUT2D eigenvalue weighted by molar-refractivity contribution is -0.113. The third-order valence-corrected chi connectivity index (χ3v) is 5.22. The zero-order valence-corrected chi connectivity index (χ0v) is 18.0. The number of aryl methyl sites for hydroxylation is 1. The molecule has 0 bridgehead atoms. The molecular formula is C23H20F2N4O4. The summed E-state index contributed by atoms with van der Waals surface area (Å²) in [7, 11) is 1.51. The number of amides is 3. The summed E-state index contributed by atoms with van der Waals surface area (Å²) < 4.78 is 39.4. The minimum Gasteiger partial charge on any atom is -0.497 e. The van der Waals surface area contributed by atoms with E-state index in [1.54, 1.807) is 31.2 Å². The normalized spacial score (nSPS) is 16.0. The van der Waals surface area contributed by atoms with Gasteiger partial charge in [-0.2, -0.15) is 0 Å². The summed E-state index contributed by atoms with van der Waals surface area (Å²) in [5, 5.41) is 8.85. The van der Waals surface area contributed by atoms with Crippen molar-refractivity contribution in [2.45, 2.75) is 19.9 Å². The van der Waals surface area contributed by atoms with Crippen molar-refractivity contribution in [3.8, 4) is 5.75 Å². The lowest BCUT2D eigenvalue weighted by Gasteiger charge is -2.35. The maximum Gasteiger partial charge on any atom is 0.327 e. The molecule has 2 aromatic carbocycles. The Morgan fingerprint density at radius 1 is 1.15 bits per heavy atom. The molecule has 3 aromatic rings. The molecule has 4 rings (SSSR count).